The maximum Gasteiger partial charge on any atom is 3.00 e. The van der Waals surface area contributed by atoms with Crippen molar-refractivity contribution in [2.45, 2.75) is 77.8 Å². The van der Waals surface area contributed by atoms with E-state index in [0.717, 1.165) is 19.3 Å². The van der Waals surface area contributed by atoms with Crippen LogP contribution >= 0.6 is 0 Å². The fourth-order valence-corrected chi connectivity index (χ4v) is 4.22. The Labute approximate surface area is 181 Å². The molecule has 0 spiro atoms. The van der Waals surface area contributed by atoms with Gasteiger partial charge in [0, 0.05) is 0 Å². The van der Waals surface area contributed by atoms with Crippen LogP contribution in [0.15, 0.2) is 38.0 Å². The van der Waals surface area contributed by atoms with Gasteiger partial charge in [-0.25, -0.2) is 0 Å². The zero-order valence-electron chi connectivity index (χ0n) is 18.1. The summed E-state index contributed by atoms with van der Waals surface area (Å²) in [4.78, 5) is 0. The summed E-state index contributed by atoms with van der Waals surface area (Å²) in [6.45, 7) is 25.0. The molecule has 0 saturated carbocycles. The summed E-state index contributed by atoms with van der Waals surface area (Å²) in [6, 6.07) is 7.34. The summed E-state index contributed by atoms with van der Waals surface area (Å²) >= 11 is 0. The first-order chi connectivity index (χ1) is 11.3. The van der Waals surface area contributed by atoms with E-state index in [9.17, 15) is 0 Å². The van der Waals surface area contributed by atoms with Gasteiger partial charge in [0.25, 0.3) is 0 Å². The molecular weight excluding hydrogens is 384 g/mol. The molecule has 0 aromatic rings. The Hall–Kier alpha value is 0.585. The average Bonchev–Trinajstić information content (AvgIpc) is 2.48. The first-order valence-electron chi connectivity index (χ1n) is 9.64. The Morgan fingerprint density at radius 1 is 0.560 bits per heavy atom. The summed E-state index contributed by atoms with van der Waals surface area (Å²) in [5.41, 5.74) is 0. The van der Waals surface area contributed by atoms with Crippen LogP contribution in [0.5, 0.6) is 0 Å². The van der Waals surface area contributed by atoms with Crippen LogP contribution in [0.2, 0.25) is 39.3 Å². The van der Waals surface area contributed by atoms with E-state index in [1.54, 1.807) is 0 Å². The molecule has 0 aromatic heterocycles. The molecule has 0 rings (SSSR count). The minimum atomic E-state index is -0.375. The monoisotopic (exact) mass is 429 g/mol. The molecule has 0 aliphatic heterocycles. The van der Waals surface area contributed by atoms with Crippen molar-refractivity contribution in [3.05, 3.63) is 56.1 Å². The van der Waals surface area contributed by atoms with Gasteiger partial charge in [-0.1, -0.05) is 76.8 Å². The minimum Gasteiger partial charge on any atom is -0.330 e. The summed E-state index contributed by atoms with van der Waals surface area (Å²) in [5.74, 6) is 0. The van der Waals surface area contributed by atoms with E-state index < -0.39 is 0 Å². The predicted molar refractivity (Wildman–Crippen MR) is 128 cm³/mol. The first-order valence-corrected chi connectivity index (χ1v) is 18.6. The van der Waals surface area contributed by atoms with Crippen molar-refractivity contribution in [1.82, 2.24) is 0 Å². The molecule has 0 aliphatic carbocycles. The molecule has 0 saturated heterocycles. The van der Waals surface area contributed by atoms with Gasteiger partial charge in [-0.2, -0.15) is 19.3 Å². The van der Waals surface area contributed by atoms with E-state index in [1.807, 2.05) is 18.2 Å². The van der Waals surface area contributed by atoms with Gasteiger partial charge in [-0.3, -0.25) is 0 Å². The van der Waals surface area contributed by atoms with E-state index >= 15 is 0 Å². The van der Waals surface area contributed by atoms with Gasteiger partial charge in [-0.15, -0.1) is 46.1 Å². The fraction of sp³-hybridized carbons (Fsp3) is 0.571. The normalized spacial score (nSPS) is 9.48. The smallest absolute Gasteiger partial charge is 0.330 e. The number of hydrogen-bond donors (Lipinski definition) is 0. The van der Waals surface area contributed by atoms with Crippen molar-refractivity contribution < 1.29 is 21.7 Å². The standard InChI is InChI=1S/3C7H15Si.Ti/c3*1-4-5-6-7-8(2)3;/h3*4,7-8H,1,5-6H2,2-3H3;/q3*-1;+3. The van der Waals surface area contributed by atoms with E-state index in [2.05, 4.69) is 77.2 Å². The van der Waals surface area contributed by atoms with Crippen molar-refractivity contribution in [3.63, 3.8) is 0 Å². The number of hydrogen-bond acceptors (Lipinski definition) is 0. The molecule has 1 radical (unpaired) electrons. The van der Waals surface area contributed by atoms with Gasteiger partial charge < -0.3 is 18.1 Å². The largest absolute Gasteiger partial charge is 3.00 e. The van der Waals surface area contributed by atoms with Crippen LogP contribution in [0, 0.1) is 18.1 Å². The van der Waals surface area contributed by atoms with Crippen molar-refractivity contribution in [3.8, 4) is 0 Å². The summed E-state index contributed by atoms with van der Waals surface area (Å²) in [5, 5.41) is 0. The number of rotatable bonds is 12. The molecule has 0 N–H and O–H groups in total. The molecule has 0 aromatic carbocycles. The van der Waals surface area contributed by atoms with E-state index in [1.165, 1.54) is 19.3 Å². The van der Waals surface area contributed by atoms with Gasteiger partial charge in [0.1, 0.15) is 0 Å². The van der Waals surface area contributed by atoms with Gasteiger partial charge in [0.2, 0.25) is 0 Å². The van der Waals surface area contributed by atoms with Crippen molar-refractivity contribution in [2.24, 2.45) is 0 Å². The molecular formula is C21H45Si3Ti. The van der Waals surface area contributed by atoms with Gasteiger partial charge in [0.05, 0.1) is 0 Å². The van der Waals surface area contributed by atoms with E-state index in [4.69, 9.17) is 0 Å². The molecule has 0 heterocycles. The molecule has 0 nitrogen and oxygen atoms in total. The Bertz CT molecular complexity index is 221. The van der Waals surface area contributed by atoms with Crippen molar-refractivity contribution in [2.75, 3.05) is 0 Å². The topological polar surface area (TPSA) is 0 Å². The summed E-state index contributed by atoms with van der Waals surface area (Å²) in [6.07, 6.45) is 13.1. The molecule has 0 unspecified atom stereocenters. The average molecular weight is 430 g/mol. The fourth-order valence-electron chi connectivity index (χ4n) is 1.64. The molecule has 0 fully saturated rings. The van der Waals surface area contributed by atoms with Crippen LogP contribution in [-0.4, -0.2) is 26.4 Å². The SMILES string of the molecule is C=CCC[CH-][SiH](C)C.C=CCC[CH-][SiH](C)C.C=CCC[CH-][SiH](C)C.[Ti+3]. The van der Waals surface area contributed by atoms with Crippen LogP contribution in [0.4, 0.5) is 0 Å². The quantitative estimate of drug-likeness (QED) is 0.143. The maximum absolute atomic E-state index is 3.65. The maximum atomic E-state index is 3.65. The van der Waals surface area contributed by atoms with Gasteiger partial charge in [0.15, 0.2) is 0 Å². The van der Waals surface area contributed by atoms with Gasteiger partial charge in [-0.05, 0) is 0 Å². The minimum absolute atomic E-state index is 0. The van der Waals surface area contributed by atoms with Crippen LogP contribution < -0.4 is 0 Å². The second kappa shape index (κ2) is 29.4. The van der Waals surface area contributed by atoms with E-state index in [0.29, 0.717) is 0 Å². The number of allylic oxidation sites excluding steroid dienone is 3. The number of unbranched alkanes of at least 4 members (excludes halogenated alkanes) is 3. The van der Waals surface area contributed by atoms with Crippen LogP contribution in [-0.2, 0) is 21.7 Å². The summed E-state index contributed by atoms with van der Waals surface area (Å²) < 4.78 is 0. The third-order valence-electron chi connectivity index (χ3n) is 3.03. The first kappa shape index (κ1) is 33.2. The van der Waals surface area contributed by atoms with Crippen molar-refractivity contribution in [1.29, 1.82) is 0 Å². The Balaban J connectivity index is -0.000000130. The van der Waals surface area contributed by atoms with E-state index in [-0.39, 0.29) is 48.1 Å². The third-order valence-corrected chi connectivity index (χ3v) is 6.86. The zero-order valence-corrected chi connectivity index (χ0v) is 23.1. The second-order valence-corrected chi connectivity index (χ2v) is 15.9. The molecule has 0 amide bonds. The predicted octanol–water partition coefficient (Wildman–Crippen LogP) is 6.55. The van der Waals surface area contributed by atoms with Crippen LogP contribution in [0.25, 0.3) is 0 Å². The van der Waals surface area contributed by atoms with Crippen molar-refractivity contribution >= 4 is 26.4 Å². The van der Waals surface area contributed by atoms with Crippen LogP contribution in [0.1, 0.15) is 38.5 Å². The summed E-state index contributed by atoms with van der Waals surface area (Å²) in [7, 11) is -1.12. The van der Waals surface area contributed by atoms with Crippen LogP contribution in [0.3, 0.4) is 0 Å². The Morgan fingerprint density at radius 2 is 0.760 bits per heavy atom. The second-order valence-electron chi connectivity index (χ2n) is 7.04. The third kappa shape index (κ3) is 51.6. The Kier molecular flexibility index (Phi) is 39.0. The molecule has 0 atom stereocenters. The zero-order chi connectivity index (χ0) is 19.2. The molecule has 4 heteroatoms. The molecule has 145 valence electrons. The molecule has 25 heavy (non-hydrogen) atoms. The Morgan fingerprint density at radius 3 is 0.880 bits per heavy atom. The van der Waals surface area contributed by atoms with Gasteiger partial charge >= 0.3 is 21.7 Å². The molecule has 0 aliphatic rings. The molecule has 0 bridgehead atoms.